The van der Waals surface area contributed by atoms with Crippen LogP contribution in [0.2, 0.25) is 0 Å². The SMILES string of the molecule is Cc1cccc(NC(=O)c2ccc(OCc3ccc(C(=O)O)o3)cc2)c1C. The van der Waals surface area contributed by atoms with Crippen LogP contribution in [0.3, 0.4) is 0 Å². The minimum Gasteiger partial charge on any atom is -0.486 e. The molecule has 0 atom stereocenters. The summed E-state index contributed by atoms with van der Waals surface area (Å²) in [6.45, 7) is 4.06. The fraction of sp³-hybridized carbons (Fsp3) is 0.143. The predicted octanol–water partition coefficient (Wildman–Crippen LogP) is 4.43. The number of ether oxygens (including phenoxy) is 1. The van der Waals surface area contributed by atoms with Gasteiger partial charge in [-0.15, -0.1) is 0 Å². The van der Waals surface area contributed by atoms with Gasteiger partial charge in [0, 0.05) is 11.3 Å². The van der Waals surface area contributed by atoms with Gasteiger partial charge >= 0.3 is 5.97 Å². The first-order valence-corrected chi connectivity index (χ1v) is 8.36. The summed E-state index contributed by atoms with van der Waals surface area (Å²) in [7, 11) is 0. The zero-order valence-electron chi connectivity index (χ0n) is 15.0. The van der Waals surface area contributed by atoms with Crippen LogP contribution in [-0.2, 0) is 6.61 Å². The first-order valence-electron chi connectivity index (χ1n) is 8.36. The Bertz CT molecular complexity index is 972. The van der Waals surface area contributed by atoms with Crippen LogP contribution in [0.25, 0.3) is 0 Å². The summed E-state index contributed by atoms with van der Waals surface area (Å²) >= 11 is 0. The molecule has 0 aliphatic heterocycles. The van der Waals surface area contributed by atoms with Gasteiger partial charge in [-0.2, -0.15) is 0 Å². The highest BCUT2D eigenvalue weighted by Crippen LogP contribution is 2.20. The molecule has 27 heavy (non-hydrogen) atoms. The van der Waals surface area contributed by atoms with E-state index in [1.54, 1.807) is 30.3 Å². The van der Waals surface area contributed by atoms with Gasteiger partial charge in [-0.25, -0.2) is 4.79 Å². The van der Waals surface area contributed by atoms with Crippen LogP contribution < -0.4 is 10.1 Å². The highest BCUT2D eigenvalue weighted by molar-refractivity contribution is 6.04. The van der Waals surface area contributed by atoms with Gasteiger partial charge < -0.3 is 19.6 Å². The number of furan rings is 1. The van der Waals surface area contributed by atoms with Crippen LogP contribution in [0.4, 0.5) is 5.69 Å². The zero-order chi connectivity index (χ0) is 19.4. The van der Waals surface area contributed by atoms with Crippen molar-refractivity contribution in [1.29, 1.82) is 0 Å². The molecule has 3 rings (SSSR count). The summed E-state index contributed by atoms with van der Waals surface area (Å²) in [5.74, 6) is -0.504. The molecule has 2 N–H and O–H groups in total. The number of carbonyl (C=O) groups excluding carboxylic acids is 1. The van der Waals surface area contributed by atoms with E-state index in [0.717, 1.165) is 16.8 Å². The molecule has 2 aromatic carbocycles. The molecule has 0 saturated carbocycles. The van der Waals surface area contributed by atoms with Crippen LogP contribution >= 0.6 is 0 Å². The van der Waals surface area contributed by atoms with Gasteiger partial charge in [-0.3, -0.25) is 4.79 Å². The molecule has 6 nitrogen and oxygen atoms in total. The summed E-state index contributed by atoms with van der Waals surface area (Å²) < 4.78 is 10.7. The number of hydrogen-bond donors (Lipinski definition) is 2. The van der Waals surface area contributed by atoms with Crippen molar-refractivity contribution in [3.05, 3.63) is 82.8 Å². The van der Waals surface area contributed by atoms with Crippen molar-refractivity contribution in [2.75, 3.05) is 5.32 Å². The van der Waals surface area contributed by atoms with Gasteiger partial charge in [0.2, 0.25) is 5.76 Å². The lowest BCUT2D eigenvalue weighted by atomic mass is 10.1. The molecule has 3 aromatic rings. The van der Waals surface area contributed by atoms with Crippen LogP contribution in [0.1, 0.15) is 37.8 Å². The lowest BCUT2D eigenvalue weighted by molar-refractivity contribution is 0.0658. The van der Waals surface area contributed by atoms with E-state index in [9.17, 15) is 9.59 Å². The van der Waals surface area contributed by atoms with E-state index >= 15 is 0 Å². The summed E-state index contributed by atoms with van der Waals surface area (Å²) in [6.07, 6.45) is 0. The Balaban J connectivity index is 1.61. The maximum atomic E-state index is 12.4. The van der Waals surface area contributed by atoms with Crippen molar-refractivity contribution in [2.45, 2.75) is 20.5 Å². The molecule has 0 aliphatic rings. The monoisotopic (exact) mass is 365 g/mol. The minimum absolute atomic E-state index is 0.0985. The number of rotatable bonds is 6. The number of aryl methyl sites for hydroxylation is 1. The summed E-state index contributed by atoms with van der Waals surface area (Å²) in [6, 6.07) is 15.4. The van der Waals surface area contributed by atoms with Crippen LogP contribution in [0, 0.1) is 13.8 Å². The average Bonchev–Trinajstić information content (AvgIpc) is 3.13. The van der Waals surface area contributed by atoms with Gasteiger partial charge in [0.05, 0.1) is 0 Å². The molecule has 0 saturated heterocycles. The van der Waals surface area contributed by atoms with E-state index in [1.807, 2.05) is 32.0 Å². The van der Waals surface area contributed by atoms with E-state index in [2.05, 4.69) is 5.32 Å². The van der Waals surface area contributed by atoms with Crippen molar-refractivity contribution in [2.24, 2.45) is 0 Å². The largest absolute Gasteiger partial charge is 0.486 e. The van der Waals surface area contributed by atoms with Gasteiger partial charge in [-0.05, 0) is 67.4 Å². The van der Waals surface area contributed by atoms with Crippen LogP contribution in [0.5, 0.6) is 5.75 Å². The lowest BCUT2D eigenvalue weighted by Crippen LogP contribution is -2.13. The maximum Gasteiger partial charge on any atom is 0.371 e. The number of hydrogen-bond acceptors (Lipinski definition) is 4. The number of amides is 1. The number of benzene rings is 2. The Hall–Kier alpha value is -3.54. The molecule has 138 valence electrons. The van der Waals surface area contributed by atoms with E-state index in [0.29, 0.717) is 17.1 Å². The summed E-state index contributed by atoms with van der Waals surface area (Å²) in [4.78, 5) is 23.2. The predicted molar refractivity (Wildman–Crippen MR) is 100 cm³/mol. The third-order valence-electron chi connectivity index (χ3n) is 4.22. The summed E-state index contributed by atoms with van der Waals surface area (Å²) in [5, 5.41) is 11.7. The second kappa shape index (κ2) is 7.78. The van der Waals surface area contributed by atoms with E-state index in [-0.39, 0.29) is 18.3 Å². The molecule has 0 radical (unpaired) electrons. The first kappa shape index (κ1) is 18.3. The Morgan fingerprint density at radius 2 is 1.78 bits per heavy atom. The van der Waals surface area contributed by atoms with Crippen molar-refractivity contribution < 1.29 is 23.8 Å². The lowest BCUT2D eigenvalue weighted by Gasteiger charge is -2.11. The normalized spacial score (nSPS) is 10.4. The molecule has 1 heterocycles. The Labute approximate surface area is 156 Å². The Morgan fingerprint density at radius 3 is 2.44 bits per heavy atom. The average molecular weight is 365 g/mol. The number of carboxylic acid groups (broad SMARTS) is 1. The Morgan fingerprint density at radius 1 is 1.04 bits per heavy atom. The van der Waals surface area contributed by atoms with E-state index in [1.165, 1.54) is 6.07 Å². The number of nitrogens with one attached hydrogen (secondary N) is 1. The highest BCUT2D eigenvalue weighted by Gasteiger charge is 2.11. The fourth-order valence-electron chi connectivity index (χ4n) is 2.51. The molecule has 6 heteroatoms. The number of carbonyl (C=O) groups is 2. The molecular formula is C21H19NO5. The second-order valence-electron chi connectivity index (χ2n) is 6.09. The molecule has 1 aromatic heterocycles. The van der Waals surface area contributed by atoms with E-state index < -0.39 is 5.97 Å². The van der Waals surface area contributed by atoms with Crippen LogP contribution in [-0.4, -0.2) is 17.0 Å². The third kappa shape index (κ3) is 4.36. The van der Waals surface area contributed by atoms with Crippen molar-refractivity contribution in [3.8, 4) is 5.75 Å². The van der Waals surface area contributed by atoms with Crippen LogP contribution in [0.15, 0.2) is 59.0 Å². The van der Waals surface area contributed by atoms with Gasteiger partial charge in [0.1, 0.15) is 18.1 Å². The van der Waals surface area contributed by atoms with Gasteiger partial charge in [-0.1, -0.05) is 12.1 Å². The number of anilines is 1. The molecule has 0 aliphatic carbocycles. The maximum absolute atomic E-state index is 12.4. The fourth-order valence-corrected chi connectivity index (χ4v) is 2.51. The molecule has 0 fully saturated rings. The summed E-state index contributed by atoms with van der Waals surface area (Å²) in [5.41, 5.74) is 3.44. The standard InChI is InChI=1S/C21H19NO5/c1-13-4-3-5-18(14(13)2)22-20(23)15-6-8-16(9-7-15)26-12-17-10-11-19(27-17)21(24)25/h3-11H,12H2,1-2H3,(H,22,23)(H,24,25). The van der Waals surface area contributed by atoms with Gasteiger partial charge in [0.15, 0.2) is 0 Å². The molecule has 0 unspecified atom stereocenters. The quantitative estimate of drug-likeness (QED) is 0.675. The highest BCUT2D eigenvalue weighted by atomic mass is 16.5. The van der Waals surface area contributed by atoms with Crippen molar-refractivity contribution >= 4 is 17.6 Å². The van der Waals surface area contributed by atoms with Gasteiger partial charge in [0.25, 0.3) is 5.91 Å². The second-order valence-corrected chi connectivity index (χ2v) is 6.09. The smallest absolute Gasteiger partial charge is 0.371 e. The Kier molecular flexibility index (Phi) is 5.26. The molecule has 1 amide bonds. The topological polar surface area (TPSA) is 88.8 Å². The van der Waals surface area contributed by atoms with E-state index in [4.69, 9.17) is 14.3 Å². The third-order valence-corrected chi connectivity index (χ3v) is 4.22. The molecule has 0 spiro atoms. The van der Waals surface area contributed by atoms with Crippen molar-refractivity contribution in [3.63, 3.8) is 0 Å². The number of aromatic carboxylic acids is 1. The zero-order valence-corrected chi connectivity index (χ0v) is 15.0. The first-order chi connectivity index (χ1) is 12.9. The molecular weight excluding hydrogens is 346 g/mol. The van der Waals surface area contributed by atoms with Crippen molar-refractivity contribution in [1.82, 2.24) is 0 Å². The minimum atomic E-state index is -1.12. The number of carboxylic acids is 1. The molecule has 0 bridgehead atoms.